The highest BCUT2D eigenvalue weighted by Crippen LogP contribution is 2.17. The van der Waals surface area contributed by atoms with E-state index in [9.17, 15) is 4.79 Å². The quantitative estimate of drug-likeness (QED) is 0.885. The number of anilines is 1. The maximum absolute atomic E-state index is 11.1. The van der Waals surface area contributed by atoms with Gasteiger partial charge in [-0.2, -0.15) is 0 Å². The SMILES string of the molecule is CN(CCc1ccncc1)c1cccnc1C(=O)O. The third kappa shape index (κ3) is 3.28. The molecule has 2 aromatic rings. The van der Waals surface area contributed by atoms with Gasteiger partial charge in [-0.15, -0.1) is 0 Å². The van der Waals surface area contributed by atoms with Gasteiger partial charge in [0, 0.05) is 32.2 Å². The van der Waals surface area contributed by atoms with Crippen molar-refractivity contribution in [3.8, 4) is 0 Å². The van der Waals surface area contributed by atoms with E-state index in [1.54, 1.807) is 24.5 Å². The summed E-state index contributed by atoms with van der Waals surface area (Å²) in [5, 5.41) is 9.10. The molecular weight excluding hydrogens is 242 g/mol. The largest absolute Gasteiger partial charge is 0.476 e. The number of nitrogens with zero attached hydrogens (tertiary/aromatic N) is 3. The van der Waals surface area contributed by atoms with Crippen molar-refractivity contribution >= 4 is 11.7 Å². The zero-order valence-electron chi connectivity index (χ0n) is 10.7. The molecule has 0 atom stereocenters. The minimum Gasteiger partial charge on any atom is -0.476 e. The van der Waals surface area contributed by atoms with E-state index in [2.05, 4.69) is 9.97 Å². The van der Waals surface area contributed by atoms with Gasteiger partial charge in [-0.1, -0.05) is 0 Å². The fourth-order valence-electron chi connectivity index (χ4n) is 1.84. The van der Waals surface area contributed by atoms with E-state index in [-0.39, 0.29) is 5.69 Å². The van der Waals surface area contributed by atoms with Gasteiger partial charge in [0.25, 0.3) is 0 Å². The van der Waals surface area contributed by atoms with Crippen molar-refractivity contribution in [2.75, 3.05) is 18.5 Å². The minimum absolute atomic E-state index is 0.0831. The van der Waals surface area contributed by atoms with Crippen molar-refractivity contribution in [3.05, 3.63) is 54.1 Å². The maximum atomic E-state index is 11.1. The third-order valence-corrected chi connectivity index (χ3v) is 2.89. The molecule has 5 heteroatoms. The molecule has 0 aliphatic carbocycles. The van der Waals surface area contributed by atoms with Gasteiger partial charge < -0.3 is 10.0 Å². The molecule has 0 spiro atoms. The Labute approximate surface area is 111 Å². The van der Waals surface area contributed by atoms with Crippen LogP contribution in [-0.2, 0) is 6.42 Å². The third-order valence-electron chi connectivity index (χ3n) is 2.89. The zero-order chi connectivity index (χ0) is 13.7. The van der Waals surface area contributed by atoms with Crippen molar-refractivity contribution in [2.24, 2.45) is 0 Å². The molecule has 0 bridgehead atoms. The van der Waals surface area contributed by atoms with E-state index in [1.807, 2.05) is 24.1 Å². The van der Waals surface area contributed by atoms with Crippen LogP contribution >= 0.6 is 0 Å². The first kappa shape index (κ1) is 13.0. The summed E-state index contributed by atoms with van der Waals surface area (Å²) in [5.74, 6) is -1.01. The van der Waals surface area contributed by atoms with Crippen molar-refractivity contribution in [1.82, 2.24) is 9.97 Å². The van der Waals surface area contributed by atoms with Crippen LogP contribution in [0.1, 0.15) is 16.1 Å². The molecule has 0 unspecified atom stereocenters. The fourth-order valence-corrected chi connectivity index (χ4v) is 1.84. The van der Waals surface area contributed by atoms with Crippen molar-refractivity contribution in [1.29, 1.82) is 0 Å². The summed E-state index contributed by atoms with van der Waals surface area (Å²) in [7, 11) is 1.87. The Bertz CT molecular complexity index is 558. The molecule has 0 aromatic carbocycles. The van der Waals surface area contributed by atoms with Crippen LogP contribution < -0.4 is 4.90 Å². The predicted octanol–water partition coefficient (Wildman–Crippen LogP) is 1.85. The minimum atomic E-state index is -1.01. The molecule has 0 aliphatic rings. The van der Waals surface area contributed by atoms with Gasteiger partial charge >= 0.3 is 5.97 Å². The second-order valence-corrected chi connectivity index (χ2v) is 4.20. The van der Waals surface area contributed by atoms with Crippen LogP contribution in [0, 0.1) is 0 Å². The molecular formula is C14H15N3O2. The van der Waals surface area contributed by atoms with E-state index in [1.165, 1.54) is 11.8 Å². The Morgan fingerprint density at radius 1 is 1.26 bits per heavy atom. The molecule has 2 rings (SSSR count). The lowest BCUT2D eigenvalue weighted by molar-refractivity contribution is 0.0691. The van der Waals surface area contributed by atoms with Gasteiger partial charge in [-0.3, -0.25) is 4.98 Å². The highest BCUT2D eigenvalue weighted by atomic mass is 16.4. The first-order valence-electron chi connectivity index (χ1n) is 5.97. The van der Waals surface area contributed by atoms with Gasteiger partial charge in [0.15, 0.2) is 5.69 Å². The fraction of sp³-hybridized carbons (Fsp3) is 0.214. The van der Waals surface area contributed by atoms with Crippen LogP contribution in [0.5, 0.6) is 0 Å². The number of rotatable bonds is 5. The number of carboxylic acid groups (broad SMARTS) is 1. The first-order chi connectivity index (χ1) is 9.18. The lowest BCUT2D eigenvalue weighted by atomic mass is 10.2. The zero-order valence-corrected chi connectivity index (χ0v) is 10.7. The smallest absolute Gasteiger partial charge is 0.356 e. The van der Waals surface area contributed by atoms with Crippen molar-refractivity contribution in [3.63, 3.8) is 0 Å². The molecule has 1 N–H and O–H groups in total. The molecule has 0 fully saturated rings. The van der Waals surface area contributed by atoms with E-state index in [4.69, 9.17) is 5.11 Å². The molecule has 98 valence electrons. The normalized spacial score (nSPS) is 10.2. The van der Waals surface area contributed by atoms with Crippen LogP contribution in [0.3, 0.4) is 0 Å². The van der Waals surface area contributed by atoms with Crippen LogP contribution in [-0.4, -0.2) is 34.6 Å². The summed E-state index contributed by atoms with van der Waals surface area (Å²) in [4.78, 5) is 20.9. The Balaban J connectivity index is 2.08. The standard InChI is InChI=1S/C14H15N3O2/c1-17(10-6-11-4-8-15-9-5-11)12-3-2-7-16-13(12)14(18)19/h2-5,7-9H,6,10H2,1H3,(H,18,19). The van der Waals surface area contributed by atoms with Crippen molar-refractivity contribution in [2.45, 2.75) is 6.42 Å². The average Bonchev–Trinajstić information content (AvgIpc) is 2.46. The van der Waals surface area contributed by atoms with Crippen LogP contribution in [0.15, 0.2) is 42.9 Å². The van der Waals surface area contributed by atoms with Crippen molar-refractivity contribution < 1.29 is 9.90 Å². The maximum Gasteiger partial charge on any atom is 0.356 e. The monoisotopic (exact) mass is 257 g/mol. The van der Waals surface area contributed by atoms with E-state index in [0.717, 1.165) is 13.0 Å². The topological polar surface area (TPSA) is 66.3 Å². The molecule has 0 saturated heterocycles. The van der Waals surface area contributed by atoms with E-state index in [0.29, 0.717) is 5.69 Å². The number of pyridine rings is 2. The van der Waals surface area contributed by atoms with Crippen LogP contribution in [0.25, 0.3) is 0 Å². The van der Waals surface area contributed by atoms with Gasteiger partial charge in [0.2, 0.25) is 0 Å². The number of carboxylic acids is 1. The Morgan fingerprint density at radius 3 is 2.68 bits per heavy atom. The summed E-state index contributed by atoms with van der Waals surface area (Å²) < 4.78 is 0. The molecule has 19 heavy (non-hydrogen) atoms. The van der Waals surface area contributed by atoms with Crippen LogP contribution in [0.2, 0.25) is 0 Å². The summed E-state index contributed by atoms with van der Waals surface area (Å²) in [5.41, 5.74) is 1.88. The number of likely N-dealkylation sites (N-methyl/N-ethyl adjacent to an activating group) is 1. The molecule has 5 nitrogen and oxygen atoms in total. The lowest BCUT2D eigenvalue weighted by Crippen LogP contribution is -2.23. The van der Waals surface area contributed by atoms with Gasteiger partial charge in [0.1, 0.15) is 0 Å². The van der Waals surface area contributed by atoms with E-state index < -0.39 is 5.97 Å². The highest BCUT2D eigenvalue weighted by Gasteiger charge is 2.14. The van der Waals surface area contributed by atoms with Gasteiger partial charge in [0.05, 0.1) is 5.69 Å². The predicted molar refractivity (Wildman–Crippen MR) is 72.4 cm³/mol. The molecule has 2 heterocycles. The second kappa shape index (κ2) is 5.95. The molecule has 0 amide bonds. The highest BCUT2D eigenvalue weighted by molar-refractivity contribution is 5.92. The Kier molecular flexibility index (Phi) is 4.07. The molecule has 0 aliphatic heterocycles. The lowest BCUT2D eigenvalue weighted by Gasteiger charge is -2.20. The number of hydrogen-bond acceptors (Lipinski definition) is 4. The molecule has 2 aromatic heterocycles. The van der Waals surface area contributed by atoms with Gasteiger partial charge in [-0.05, 0) is 36.2 Å². The summed E-state index contributed by atoms with van der Waals surface area (Å²) >= 11 is 0. The molecule has 0 radical (unpaired) electrons. The number of carbonyl (C=O) groups is 1. The van der Waals surface area contributed by atoms with E-state index >= 15 is 0 Å². The Morgan fingerprint density at radius 2 is 2.00 bits per heavy atom. The van der Waals surface area contributed by atoms with Gasteiger partial charge in [-0.25, -0.2) is 9.78 Å². The summed E-state index contributed by atoms with van der Waals surface area (Å²) in [6.45, 7) is 0.718. The average molecular weight is 257 g/mol. The number of hydrogen-bond donors (Lipinski definition) is 1. The second-order valence-electron chi connectivity index (χ2n) is 4.20. The summed E-state index contributed by atoms with van der Waals surface area (Å²) in [6.07, 6.45) is 5.82. The first-order valence-corrected chi connectivity index (χ1v) is 5.97. The van der Waals surface area contributed by atoms with Crippen LogP contribution in [0.4, 0.5) is 5.69 Å². The number of aromatic nitrogens is 2. The number of aromatic carboxylic acids is 1. The Hall–Kier alpha value is -2.43. The summed E-state index contributed by atoms with van der Waals surface area (Å²) in [6, 6.07) is 7.41. The molecule has 0 saturated carbocycles.